The first-order valence-electron chi connectivity index (χ1n) is 5.02. The monoisotopic (exact) mass is 200 g/mol. The van der Waals surface area contributed by atoms with Crippen molar-refractivity contribution < 1.29 is 19.8 Å². The van der Waals surface area contributed by atoms with E-state index in [1.807, 2.05) is 6.92 Å². The van der Waals surface area contributed by atoms with Crippen LogP contribution in [0.15, 0.2) is 0 Å². The van der Waals surface area contributed by atoms with Gasteiger partial charge in [0.1, 0.15) is 5.60 Å². The van der Waals surface area contributed by atoms with Crippen molar-refractivity contribution in [2.75, 3.05) is 0 Å². The molecular formula is C10H16O4. The largest absolute Gasteiger partial charge is 0.475 e. The van der Waals surface area contributed by atoms with Crippen LogP contribution in [0.1, 0.15) is 39.0 Å². The molecule has 14 heavy (non-hydrogen) atoms. The lowest BCUT2D eigenvalue weighted by molar-refractivity contribution is -0.165. The van der Waals surface area contributed by atoms with Crippen molar-refractivity contribution >= 4 is 11.8 Å². The summed E-state index contributed by atoms with van der Waals surface area (Å²) >= 11 is 0. The fourth-order valence-corrected chi connectivity index (χ4v) is 2.25. The Kier molecular flexibility index (Phi) is 3.26. The van der Waals surface area contributed by atoms with Crippen LogP contribution in [0.4, 0.5) is 0 Å². The number of rotatable bonds is 3. The Bertz CT molecular complexity index is 249. The van der Waals surface area contributed by atoms with E-state index in [2.05, 4.69) is 0 Å². The van der Waals surface area contributed by atoms with Crippen molar-refractivity contribution in [2.24, 2.45) is 5.92 Å². The van der Waals surface area contributed by atoms with Gasteiger partial charge in [-0.2, -0.15) is 0 Å². The number of carboxylic acid groups (broad SMARTS) is 1. The highest BCUT2D eigenvalue weighted by atomic mass is 16.4. The summed E-state index contributed by atoms with van der Waals surface area (Å²) in [5.41, 5.74) is -1.61. The van der Waals surface area contributed by atoms with Gasteiger partial charge in [-0.1, -0.05) is 26.2 Å². The Morgan fingerprint density at radius 1 is 1.43 bits per heavy atom. The summed E-state index contributed by atoms with van der Waals surface area (Å²) in [4.78, 5) is 21.9. The molecular weight excluding hydrogens is 184 g/mol. The number of hydrogen-bond acceptors (Lipinski definition) is 3. The lowest BCUT2D eigenvalue weighted by atomic mass is 9.72. The topological polar surface area (TPSA) is 74.6 Å². The van der Waals surface area contributed by atoms with Crippen LogP contribution in [-0.4, -0.2) is 27.6 Å². The summed E-state index contributed by atoms with van der Waals surface area (Å²) in [6, 6.07) is 0. The van der Waals surface area contributed by atoms with Gasteiger partial charge >= 0.3 is 5.97 Å². The molecule has 2 atom stereocenters. The highest BCUT2D eigenvalue weighted by Crippen LogP contribution is 2.36. The predicted molar refractivity (Wildman–Crippen MR) is 49.8 cm³/mol. The summed E-state index contributed by atoms with van der Waals surface area (Å²) in [6.07, 6.45) is 3.37. The van der Waals surface area contributed by atoms with E-state index in [1.165, 1.54) is 0 Å². The van der Waals surface area contributed by atoms with Crippen molar-refractivity contribution in [2.45, 2.75) is 44.6 Å². The van der Waals surface area contributed by atoms with Gasteiger partial charge in [-0.05, 0) is 18.8 Å². The summed E-state index contributed by atoms with van der Waals surface area (Å²) < 4.78 is 0. The first-order chi connectivity index (χ1) is 6.52. The second-order valence-electron chi connectivity index (χ2n) is 3.91. The van der Waals surface area contributed by atoms with E-state index >= 15 is 0 Å². The minimum Gasteiger partial charge on any atom is -0.475 e. The molecule has 1 aliphatic rings. The molecule has 0 amide bonds. The molecule has 2 N–H and O–H groups in total. The van der Waals surface area contributed by atoms with Crippen LogP contribution < -0.4 is 0 Å². The molecule has 1 aliphatic carbocycles. The van der Waals surface area contributed by atoms with E-state index in [0.717, 1.165) is 19.3 Å². The first-order valence-corrected chi connectivity index (χ1v) is 5.02. The van der Waals surface area contributed by atoms with Crippen molar-refractivity contribution in [1.82, 2.24) is 0 Å². The van der Waals surface area contributed by atoms with Crippen LogP contribution >= 0.6 is 0 Å². The maximum atomic E-state index is 11.3. The standard InChI is InChI=1S/C10H16O4/c1-2-7-5-3-4-6-10(7,14)8(11)9(12)13/h7,14H,2-6H2,1H3,(H,12,13). The molecule has 1 saturated carbocycles. The summed E-state index contributed by atoms with van der Waals surface area (Å²) in [5, 5.41) is 18.6. The summed E-state index contributed by atoms with van der Waals surface area (Å²) in [6.45, 7) is 1.87. The number of hydrogen-bond donors (Lipinski definition) is 2. The molecule has 0 heterocycles. The Labute approximate surface area is 82.9 Å². The molecule has 4 heteroatoms. The van der Waals surface area contributed by atoms with E-state index < -0.39 is 17.4 Å². The maximum absolute atomic E-state index is 11.3. The third-order valence-electron chi connectivity index (χ3n) is 3.12. The van der Waals surface area contributed by atoms with Gasteiger partial charge in [-0.3, -0.25) is 4.79 Å². The van der Waals surface area contributed by atoms with E-state index in [9.17, 15) is 14.7 Å². The quantitative estimate of drug-likeness (QED) is 0.666. The van der Waals surface area contributed by atoms with Crippen LogP contribution in [0.5, 0.6) is 0 Å². The minimum absolute atomic E-state index is 0.195. The second kappa shape index (κ2) is 4.09. The van der Waals surface area contributed by atoms with Crippen LogP contribution in [0, 0.1) is 5.92 Å². The number of aliphatic carboxylic acids is 1. The third kappa shape index (κ3) is 1.80. The molecule has 0 aromatic heterocycles. The molecule has 4 nitrogen and oxygen atoms in total. The van der Waals surface area contributed by atoms with Gasteiger partial charge in [0.05, 0.1) is 0 Å². The van der Waals surface area contributed by atoms with Gasteiger partial charge < -0.3 is 10.2 Å². The van der Waals surface area contributed by atoms with Crippen LogP contribution in [-0.2, 0) is 9.59 Å². The van der Waals surface area contributed by atoms with Crippen molar-refractivity contribution in [3.8, 4) is 0 Å². The van der Waals surface area contributed by atoms with Crippen LogP contribution in [0.3, 0.4) is 0 Å². The SMILES string of the molecule is CCC1CCCCC1(O)C(=O)C(=O)O. The molecule has 1 rings (SSSR count). The highest BCUT2D eigenvalue weighted by molar-refractivity contribution is 6.36. The molecule has 0 radical (unpaired) electrons. The van der Waals surface area contributed by atoms with Gasteiger partial charge in [0.15, 0.2) is 0 Å². The van der Waals surface area contributed by atoms with E-state index in [4.69, 9.17) is 5.11 Å². The average molecular weight is 200 g/mol. The smallest absolute Gasteiger partial charge is 0.375 e. The zero-order chi connectivity index (χ0) is 10.8. The molecule has 0 saturated heterocycles. The molecule has 2 unspecified atom stereocenters. The van der Waals surface area contributed by atoms with Gasteiger partial charge in [0.2, 0.25) is 0 Å². The fourth-order valence-electron chi connectivity index (χ4n) is 2.25. The Hall–Kier alpha value is -0.900. The fraction of sp³-hybridized carbons (Fsp3) is 0.800. The average Bonchev–Trinajstić information content (AvgIpc) is 2.17. The van der Waals surface area contributed by atoms with Crippen LogP contribution in [0.2, 0.25) is 0 Å². The van der Waals surface area contributed by atoms with Crippen molar-refractivity contribution in [3.63, 3.8) is 0 Å². The third-order valence-corrected chi connectivity index (χ3v) is 3.12. The maximum Gasteiger partial charge on any atom is 0.375 e. The number of carbonyl (C=O) groups excluding carboxylic acids is 1. The zero-order valence-electron chi connectivity index (χ0n) is 8.32. The van der Waals surface area contributed by atoms with Crippen molar-refractivity contribution in [1.29, 1.82) is 0 Å². The van der Waals surface area contributed by atoms with Crippen molar-refractivity contribution in [3.05, 3.63) is 0 Å². The molecule has 0 aromatic rings. The number of aliphatic hydroxyl groups is 1. The predicted octanol–water partition coefficient (Wildman–Crippen LogP) is 0.971. The lowest BCUT2D eigenvalue weighted by Gasteiger charge is -2.36. The normalized spacial score (nSPS) is 32.6. The Balaban J connectivity index is 2.87. The Morgan fingerprint density at radius 3 is 2.57 bits per heavy atom. The zero-order valence-corrected chi connectivity index (χ0v) is 8.32. The summed E-state index contributed by atoms with van der Waals surface area (Å²) in [7, 11) is 0. The lowest BCUT2D eigenvalue weighted by Crippen LogP contribution is -2.50. The first kappa shape index (κ1) is 11.2. The molecule has 1 fully saturated rings. The number of ketones is 1. The highest BCUT2D eigenvalue weighted by Gasteiger charge is 2.47. The minimum atomic E-state index is -1.61. The molecule has 0 spiro atoms. The van der Waals surface area contributed by atoms with Gasteiger partial charge in [0.25, 0.3) is 5.78 Å². The summed E-state index contributed by atoms with van der Waals surface area (Å²) in [5.74, 6) is -2.75. The number of carboxylic acids is 1. The second-order valence-corrected chi connectivity index (χ2v) is 3.91. The number of Topliss-reactive ketones (excluding diaryl/α,β-unsaturated/α-hetero) is 1. The van der Waals surface area contributed by atoms with Gasteiger partial charge in [-0.25, -0.2) is 4.79 Å². The van der Waals surface area contributed by atoms with E-state index in [-0.39, 0.29) is 12.3 Å². The Morgan fingerprint density at radius 2 is 2.07 bits per heavy atom. The van der Waals surface area contributed by atoms with E-state index in [0.29, 0.717) is 6.42 Å². The van der Waals surface area contributed by atoms with Gasteiger partial charge in [-0.15, -0.1) is 0 Å². The number of carbonyl (C=O) groups is 2. The van der Waals surface area contributed by atoms with Crippen LogP contribution in [0.25, 0.3) is 0 Å². The van der Waals surface area contributed by atoms with E-state index in [1.54, 1.807) is 0 Å². The molecule has 0 bridgehead atoms. The molecule has 80 valence electrons. The molecule has 0 aromatic carbocycles. The molecule has 0 aliphatic heterocycles. The van der Waals surface area contributed by atoms with Gasteiger partial charge in [0, 0.05) is 0 Å².